The lowest BCUT2D eigenvalue weighted by molar-refractivity contribution is 0.0730. The van der Waals surface area contributed by atoms with Gasteiger partial charge in [-0.2, -0.15) is 14.6 Å². The number of nitriles is 1. The number of ether oxygens (including phenoxy) is 1. The van der Waals surface area contributed by atoms with Gasteiger partial charge < -0.3 is 18.5 Å². The maximum Gasteiger partial charge on any atom is 0.266 e. The molecular formula is C19H24N4O5S. The highest BCUT2D eigenvalue weighted by Gasteiger charge is 2.32. The van der Waals surface area contributed by atoms with Crippen LogP contribution in [0.3, 0.4) is 0 Å². The van der Waals surface area contributed by atoms with Gasteiger partial charge in [-0.05, 0) is 19.8 Å². The van der Waals surface area contributed by atoms with Gasteiger partial charge in [-0.3, -0.25) is 0 Å². The standard InChI is InChI=1S/C19H24N4O5S/c1-14-17(29(24,25)23-8-10-26-11-9-23)12-16(27-14)18-21-15(13-20)19(28-18)22-6-4-2-3-5-7-22/h12H,2-11H2,1H3. The molecule has 2 aliphatic heterocycles. The molecule has 156 valence electrons. The van der Waals surface area contributed by atoms with E-state index < -0.39 is 10.0 Å². The molecule has 0 unspecified atom stereocenters. The number of hydrogen-bond acceptors (Lipinski definition) is 8. The molecule has 2 aliphatic rings. The van der Waals surface area contributed by atoms with Crippen molar-refractivity contribution in [2.24, 2.45) is 0 Å². The van der Waals surface area contributed by atoms with Gasteiger partial charge in [-0.1, -0.05) is 12.8 Å². The highest BCUT2D eigenvalue weighted by Crippen LogP contribution is 2.34. The van der Waals surface area contributed by atoms with E-state index in [9.17, 15) is 13.7 Å². The van der Waals surface area contributed by atoms with Crippen LogP contribution < -0.4 is 4.90 Å². The molecule has 2 aromatic rings. The van der Waals surface area contributed by atoms with E-state index in [0.717, 1.165) is 38.8 Å². The molecule has 0 bridgehead atoms. The Morgan fingerprint density at radius 2 is 1.76 bits per heavy atom. The highest BCUT2D eigenvalue weighted by atomic mass is 32.2. The zero-order valence-electron chi connectivity index (χ0n) is 16.4. The van der Waals surface area contributed by atoms with E-state index in [1.807, 2.05) is 4.90 Å². The highest BCUT2D eigenvalue weighted by molar-refractivity contribution is 7.89. The average Bonchev–Trinajstić information content (AvgIpc) is 3.23. The van der Waals surface area contributed by atoms with Crippen molar-refractivity contribution in [3.8, 4) is 17.7 Å². The number of sulfonamides is 1. The van der Waals surface area contributed by atoms with Crippen LogP contribution in [0.1, 0.15) is 37.1 Å². The number of anilines is 1. The van der Waals surface area contributed by atoms with Gasteiger partial charge in [0.15, 0.2) is 5.76 Å². The molecule has 2 fully saturated rings. The van der Waals surface area contributed by atoms with Crippen LogP contribution in [0.4, 0.5) is 5.88 Å². The number of furan rings is 1. The third kappa shape index (κ3) is 3.90. The fourth-order valence-electron chi connectivity index (χ4n) is 3.73. The van der Waals surface area contributed by atoms with Gasteiger partial charge in [0.2, 0.25) is 21.6 Å². The summed E-state index contributed by atoms with van der Waals surface area (Å²) < 4.78 is 44.1. The number of oxazole rings is 1. The minimum Gasteiger partial charge on any atom is -0.455 e. The van der Waals surface area contributed by atoms with Gasteiger partial charge in [0.1, 0.15) is 16.7 Å². The van der Waals surface area contributed by atoms with Crippen LogP contribution in [-0.2, 0) is 14.8 Å². The quantitative estimate of drug-likeness (QED) is 0.741. The Morgan fingerprint density at radius 3 is 2.41 bits per heavy atom. The van der Waals surface area contributed by atoms with Crippen molar-refractivity contribution in [1.29, 1.82) is 5.26 Å². The second-order valence-electron chi connectivity index (χ2n) is 7.23. The second kappa shape index (κ2) is 8.18. The molecule has 0 saturated carbocycles. The van der Waals surface area contributed by atoms with Gasteiger partial charge in [-0.15, -0.1) is 0 Å². The van der Waals surface area contributed by atoms with Crippen LogP contribution in [0.25, 0.3) is 11.7 Å². The van der Waals surface area contributed by atoms with E-state index in [4.69, 9.17) is 13.6 Å². The lowest BCUT2D eigenvalue weighted by atomic mass is 10.2. The predicted octanol–water partition coefficient (Wildman–Crippen LogP) is 2.52. The summed E-state index contributed by atoms with van der Waals surface area (Å²) in [5.41, 5.74) is 0.188. The first-order valence-electron chi connectivity index (χ1n) is 9.85. The summed E-state index contributed by atoms with van der Waals surface area (Å²) in [5, 5.41) is 9.49. The van der Waals surface area contributed by atoms with Gasteiger partial charge in [0.05, 0.1) is 13.2 Å². The molecule has 0 aliphatic carbocycles. The van der Waals surface area contributed by atoms with Gasteiger partial charge in [-0.25, -0.2) is 8.42 Å². The fraction of sp³-hybridized carbons (Fsp3) is 0.579. The smallest absolute Gasteiger partial charge is 0.266 e. The zero-order valence-corrected chi connectivity index (χ0v) is 17.2. The Kier molecular flexibility index (Phi) is 5.63. The van der Waals surface area contributed by atoms with Crippen LogP contribution in [0.2, 0.25) is 0 Å². The first-order chi connectivity index (χ1) is 14.0. The molecule has 2 saturated heterocycles. The summed E-state index contributed by atoms with van der Waals surface area (Å²) in [6, 6.07) is 3.51. The molecule has 4 rings (SSSR count). The molecule has 29 heavy (non-hydrogen) atoms. The van der Waals surface area contributed by atoms with Crippen LogP contribution >= 0.6 is 0 Å². The van der Waals surface area contributed by atoms with Crippen molar-refractivity contribution < 1.29 is 22.0 Å². The number of aromatic nitrogens is 1. The Labute approximate surface area is 169 Å². The molecule has 4 heterocycles. The molecule has 0 amide bonds. The molecule has 0 N–H and O–H groups in total. The Hall–Kier alpha value is -2.35. The molecular weight excluding hydrogens is 396 g/mol. The Balaban J connectivity index is 1.66. The summed E-state index contributed by atoms with van der Waals surface area (Å²) in [6.45, 7) is 4.55. The van der Waals surface area contributed by atoms with E-state index in [0.29, 0.717) is 32.2 Å². The molecule has 9 nitrogen and oxygen atoms in total. The number of aryl methyl sites for hydroxylation is 1. The van der Waals surface area contributed by atoms with Crippen LogP contribution in [0.5, 0.6) is 0 Å². The second-order valence-corrected chi connectivity index (χ2v) is 9.14. The van der Waals surface area contributed by atoms with Crippen molar-refractivity contribution in [2.75, 3.05) is 44.3 Å². The maximum absolute atomic E-state index is 13.0. The zero-order chi connectivity index (χ0) is 20.4. The van der Waals surface area contributed by atoms with E-state index in [-0.39, 0.29) is 28.0 Å². The lowest BCUT2D eigenvalue weighted by Crippen LogP contribution is -2.40. The van der Waals surface area contributed by atoms with E-state index >= 15 is 0 Å². The lowest BCUT2D eigenvalue weighted by Gasteiger charge is -2.25. The summed E-state index contributed by atoms with van der Waals surface area (Å²) in [6.07, 6.45) is 4.37. The fourth-order valence-corrected chi connectivity index (χ4v) is 5.30. The third-order valence-corrected chi connectivity index (χ3v) is 7.29. The van der Waals surface area contributed by atoms with E-state index in [1.165, 1.54) is 10.4 Å². The summed E-state index contributed by atoms with van der Waals surface area (Å²) in [4.78, 5) is 6.38. The summed E-state index contributed by atoms with van der Waals surface area (Å²) in [5.74, 6) is 1.01. The SMILES string of the molecule is Cc1oc(-c2nc(C#N)c(N3CCCCCC3)o2)cc1S(=O)(=O)N1CCOCC1. The average molecular weight is 420 g/mol. The number of morpholine rings is 1. The minimum absolute atomic E-state index is 0.0856. The van der Waals surface area contributed by atoms with Gasteiger partial charge in [0, 0.05) is 32.2 Å². The van der Waals surface area contributed by atoms with Crippen molar-refractivity contribution in [3.63, 3.8) is 0 Å². The van der Waals surface area contributed by atoms with E-state index in [2.05, 4.69) is 11.1 Å². The first-order valence-corrected chi connectivity index (χ1v) is 11.3. The number of hydrogen-bond donors (Lipinski definition) is 0. The Bertz CT molecular complexity index is 1010. The topological polar surface area (TPSA) is 113 Å². The van der Waals surface area contributed by atoms with Crippen molar-refractivity contribution in [2.45, 2.75) is 37.5 Å². The number of rotatable bonds is 4. The first kappa shape index (κ1) is 19.9. The van der Waals surface area contributed by atoms with Gasteiger partial charge >= 0.3 is 0 Å². The maximum atomic E-state index is 13.0. The predicted molar refractivity (Wildman–Crippen MR) is 104 cm³/mol. The Morgan fingerprint density at radius 1 is 1.07 bits per heavy atom. The summed E-state index contributed by atoms with van der Waals surface area (Å²) in [7, 11) is -3.70. The van der Waals surface area contributed by atoms with Crippen molar-refractivity contribution >= 4 is 15.9 Å². The van der Waals surface area contributed by atoms with Crippen LogP contribution in [0, 0.1) is 18.3 Å². The van der Waals surface area contributed by atoms with Crippen LogP contribution in [0.15, 0.2) is 19.8 Å². The van der Waals surface area contributed by atoms with E-state index in [1.54, 1.807) is 6.92 Å². The molecule has 10 heteroatoms. The van der Waals surface area contributed by atoms with Crippen LogP contribution in [-0.4, -0.2) is 57.1 Å². The summed E-state index contributed by atoms with van der Waals surface area (Å²) >= 11 is 0. The minimum atomic E-state index is -3.70. The molecule has 0 aromatic carbocycles. The van der Waals surface area contributed by atoms with Crippen molar-refractivity contribution in [3.05, 3.63) is 17.5 Å². The largest absolute Gasteiger partial charge is 0.455 e. The molecule has 0 radical (unpaired) electrons. The van der Waals surface area contributed by atoms with Crippen molar-refractivity contribution in [1.82, 2.24) is 9.29 Å². The molecule has 2 aromatic heterocycles. The molecule has 0 spiro atoms. The monoisotopic (exact) mass is 420 g/mol. The normalized spacial score (nSPS) is 19.1. The van der Waals surface area contributed by atoms with Gasteiger partial charge in [0.25, 0.3) is 5.89 Å². The number of nitrogens with zero attached hydrogens (tertiary/aromatic N) is 4. The third-order valence-electron chi connectivity index (χ3n) is 5.28. The molecule has 0 atom stereocenters.